The van der Waals surface area contributed by atoms with Gasteiger partial charge in [0.05, 0.1) is 0 Å². The van der Waals surface area contributed by atoms with Gasteiger partial charge in [-0.3, -0.25) is 9.69 Å². The van der Waals surface area contributed by atoms with E-state index in [1.54, 1.807) is 0 Å². The van der Waals surface area contributed by atoms with Crippen molar-refractivity contribution in [1.29, 1.82) is 0 Å². The van der Waals surface area contributed by atoms with Gasteiger partial charge >= 0.3 is 5.97 Å². The molecule has 2 aliphatic rings. The average molecular weight is 268 g/mol. The summed E-state index contributed by atoms with van der Waals surface area (Å²) in [6, 6.07) is 0.537. The van der Waals surface area contributed by atoms with Crippen LogP contribution in [0.15, 0.2) is 0 Å². The first-order valence-corrected chi connectivity index (χ1v) is 7.67. The van der Waals surface area contributed by atoms with E-state index in [2.05, 4.69) is 10.2 Å². The molecule has 110 valence electrons. The number of nitrogens with one attached hydrogen (secondary N) is 1. The molecule has 2 saturated heterocycles. The van der Waals surface area contributed by atoms with Crippen LogP contribution in [0.25, 0.3) is 0 Å². The Bertz CT molecular complexity index is 306. The smallest absolute Gasteiger partial charge is 0.323 e. The molecule has 0 aromatic rings. The maximum atomic E-state index is 12.4. The van der Waals surface area contributed by atoms with Gasteiger partial charge in [-0.25, -0.2) is 0 Å². The Hall–Kier alpha value is -0.610. The highest BCUT2D eigenvalue weighted by Gasteiger charge is 2.36. The lowest BCUT2D eigenvalue weighted by atomic mass is 9.95. The number of esters is 1. The van der Waals surface area contributed by atoms with E-state index in [0.29, 0.717) is 6.04 Å². The van der Waals surface area contributed by atoms with Crippen LogP contribution in [-0.2, 0) is 9.53 Å². The highest BCUT2D eigenvalue weighted by Crippen LogP contribution is 2.25. The fourth-order valence-electron chi connectivity index (χ4n) is 3.15. The monoisotopic (exact) mass is 268 g/mol. The summed E-state index contributed by atoms with van der Waals surface area (Å²) in [6.07, 6.45) is 5.62. The number of carbonyl (C=O) groups excluding carboxylic acids is 1. The number of likely N-dealkylation sites (tertiary alicyclic amines) is 1. The summed E-state index contributed by atoms with van der Waals surface area (Å²) < 4.78 is 5.60. The standard InChI is InChI=1S/C15H28N2O2/c1-15(2,3)19-14(18)13-6-4-5-11-17(13)12-7-9-16-10-8-12/h12-13,16H,4-11H2,1-3H3/t13-/m1/s1. The molecule has 2 aliphatic heterocycles. The molecule has 0 aromatic carbocycles. The Labute approximate surface area is 116 Å². The van der Waals surface area contributed by atoms with E-state index >= 15 is 0 Å². The molecule has 0 radical (unpaired) electrons. The normalized spacial score (nSPS) is 27.2. The van der Waals surface area contributed by atoms with Gasteiger partial charge in [-0.1, -0.05) is 6.42 Å². The second-order valence-electron chi connectivity index (χ2n) is 6.76. The number of hydrogen-bond acceptors (Lipinski definition) is 4. The number of nitrogens with zero attached hydrogens (tertiary/aromatic N) is 1. The van der Waals surface area contributed by atoms with Gasteiger partial charge < -0.3 is 10.1 Å². The number of piperidine rings is 2. The Morgan fingerprint density at radius 1 is 1.16 bits per heavy atom. The van der Waals surface area contributed by atoms with Crippen LogP contribution >= 0.6 is 0 Å². The molecule has 1 N–H and O–H groups in total. The molecule has 0 aromatic heterocycles. The molecule has 2 heterocycles. The molecule has 2 fully saturated rings. The van der Waals surface area contributed by atoms with Crippen molar-refractivity contribution in [3.63, 3.8) is 0 Å². The number of carbonyl (C=O) groups is 1. The van der Waals surface area contributed by atoms with E-state index in [0.717, 1.165) is 45.3 Å². The topological polar surface area (TPSA) is 41.6 Å². The molecular formula is C15H28N2O2. The van der Waals surface area contributed by atoms with Crippen molar-refractivity contribution < 1.29 is 9.53 Å². The fourth-order valence-corrected chi connectivity index (χ4v) is 3.15. The molecule has 19 heavy (non-hydrogen) atoms. The molecule has 2 rings (SSSR count). The molecule has 4 nitrogen and oxygen atoms in total. The second-order valence-corrected chi connectivity index (χ2v) is 6.76. The molecule has 0 bridgehead atoms. The third-order valence-electron chi connectivity index (χ3n) is 4.00. The van der Waals surface area contributed by atoms with Gasteiger partial charge in [-0.05, 0) is 66.1 Å². The van der Waals surface area contributed by atoms with Crippen LogP contribution in [0.2, 0.25) is 0 Å². The lowest BCUT2D eigenvalue weighted by molar-refractivity contribution is -0.164. The second kappa shape index (κ2) is 6.23. The van der Waals surface area contributed by atoms with Gasteiger partial charge in [0.1, 0.15) is 11.6 Å². The zero-order valence-corrected chi connectivity index (χ0v) is 12.6. The SMILES string of the molecule is CC(C)(C)OC(=O)[C@H]1CCCCN1C1CCNCC1. The molecule has 0 saturated carbocycles. The maximum absolute atomic E-state index is 12.4. The molecule has 4 heteroatoms. The van der Waals surface area contributed by atoms with Crippen LogP contribution < -0.4 is 5.32 Å². The summed E-state index contributed by atoms with van der Waals surface area (Å²) in [7, 11) is 0. The highest BCUT2D eigenvalue weighted by atomic mass is 16.6. The van der Waals surface area contributed by atoms with Crippen molar-refractivity contribution in [2.24, 2.45) is 0 Å². The van der Waals surface area contributed by atoms with Crippen molar-refractivity contribution in [2.75, 3.05) is 19.6 Å². The fraction of sp³-hybridized carbons (Fsp3) is 0.933. The molecule has 0 aliphatic carbocycles. The van der Waals surface area contributed by atoms with Crippen LogP contribution in [0.3, 0.4) is 0 Å². The molecule has 0 amide bonds. The third kappa shape index (κ3) is 4.18. The molecule has 0 unspecified atom stereocenters. The maximum Gasteiger partial charge on any atom is 0.323 e. The number of hydrogen-bond donors (Lipinski definition) is 1. The number of ether oxygens (including phenoxy) is 1. The summed E-state index contributed by atoms with van der Waals surface area (Å²) in [6.45, 7) is 9.03. The van der Waals surface area contributed by atoms with E-state index in [4.69, 9.17) is 4.74 Å². The van der Waals surface area contributed by atoms with Gasteiger partial charge in [0.2, 0.25) is 0 Å². The molecule has 1 atom stereocenters. The quantitative estimate of drug-likeness (QED) is 0.777. The summed E-state index contributed by atoms with van der Waals surface area (Å²) in [5.74, 6) is -0.0225. The zero-order chi connectivity index (χ0) is 13.9. The van der Waals surface area contributed by atoms with Crippen molar-refractivity contribution in [3.05, 3.63) is 0 Å². The predicted octanol–water partition coefficient (Wildman–Crippen LogP) is 1.93. The zero-order valence-electron chi connectivity index (χ0n) is 12.6. The van der Waals surface area contributed by atoms with Crippen molar-refractivity contribution >= 4 is 5.97 Å². The predicted molar refractivity (Wildman–Crippen MR) is 76.1 cm³/mol. The van der Waals surface area contributed by atoms with E-state index in [-0.39, 0.29) is 17.6 Å². The summed E-state index contributed by atoms with van der Waals surface area (Å²) in [5.41, 5.74) is -0.381. The van der Waals surface area contributed by atoms with E-state index in [1.165, 1.54) is 6.42 Å². The van der Waals surface area contributed by atoms with E-state index in [9.17, 15) is 4.79 Å². The van der Waals surface area contributed by atoms with E-state index < -0.39 is 0 Å². The summed E-state index contributed by atoms with van der Waals surface area (Å²) in [4.78, 5) is 14.8. The molecular weight excluding hydrogens is 240 g/mol. The van der Waals surface area contributed by atoms with Crippen LogP contribution in [0, 0.1) is 0 Å². The minimum absolute atomic E-state index is 0.0175. The van der Waals surface area contributed by atoms with Gasteiger partial charge in [0.15, 0.2) is 0 Å². The lowest BCUT2D eigenvalue weighted by Crippen LogP contribution is -2.54. The first-order chi connectivity index (χ1) is 8.97. The van der Waals surface area contributed by atoms with Crippen molar-refractivity contribution in [2.45, 2.75) is 70.6 Å². The minimum Gasteiger partial charge on any atom is -0.459 e. The third-order valence-corrected chi connectivity index (χ3v) is 4.00. The number of rotatable bonds is 2. The van der Waals surface area contributed by atoms with Crippen LogP contribution in [0.1, 0.15) is 52.9 Å². The first kappa shape index (κ1) is 14.8. The lowest BCUT2D eigenvalue weighted by Gasteiger charge is -2.42. The first-order valence-electron chi connectivity index (χ1n) is 7.67. The average Bonchev–Trinajstić information content (AvgIpc) is 2.38. The van der Waals surface area contributed by atoms with E-state index in [1.807, 2.05) is 20.8 Å². The highest BCUT2D eigenvalue weighted by molar-refractivity contribution is 5.76. The Kier molecular flexibility index (Phi) is 4.85. The Balaban J connectivity index is 2.00. The van der Waals surface area contributed by atoms with Crippen LogP contribution in [-0.4, -0.2) is 48.2 Å². The minimum atomic E-state index is -0.381. The van der Waals surface area contributed by atoms with Crippen LogP contribution in [0.5, 0.6) is 0 Å². The van der Waals surface area contributed by atoms with Gasteiger partial charge in [0.25, 0.3) is 0 Å². The van der Waals surface area contributed by atoms with Gasteiger partial charge in [-0.15, -0.1) is 0 Å². The summed E-state index contributed by atoms with van der Waals surface area (Å²) in [5, 5.41) is 3.39. The Morgan fingerprint density at radius 2 is 1.84 bits per heavy atom. The van der Waals surface area contributed by atoms with Crippen molar-refractivity contribution in [3.8, 4) is 0 Å². The largest absolute Gasteiger partial charge is 0.459 e. The summed E-state index contributed by atoms with van der Waals surface area (Å²) >= 11 is 0. The van der Waals surface area contributed by atoms with Gasteiger partial charge in [-0.2, -0.15) is 0 Å². The molecule has 0 spiro atoms. The Morgan fingerprint density at radius 3 is 2.47 bits per heavy atom. The van der Waals surface area contributed by atoms with Crippen LogP contribution in [0.4, 0.5) is 0 Å². The van der Waals surface area contributed by atoms with Gasteiger partial charge in [0, 0.05) is 6.04 Å². The van der Waals surface area contributed by atoms with Crippen molar-refractivity contribution in [1.82, 2.24) is 10.2 Å².